The minimum atomic E-state index is -3.17. The zero-order valence-electron chi connectivity index (χ0n) is 8.03. The highest BCUT2D eigenvalue weighted by molar-refractivity contribution is 7.88. The van der Waals surface area contributed by atoms with E-state index in [-0.39, 0.29) is 5.75 Å². The lowest BCUT2D eigenvalue weighted by molar-refractivity contribution is 0.587. The van der Waals surface area contributed by atoms with Gasteiger partial charge < -0.3 is 0 Å². The lowest BCUT2D eigenvalue weighted by atomic mass is 10.1. The largest absolute Gasteiger partial charge is 0.218 e. The van der Waals surface area contributed by atoms with Crippen LogP contribution in [0.2, 0.25) is 0 Å². The van der Waals surface area contributed by atoms with Crippen LogP contribution in [0.25, 0.3) is 6.08 Å². The minimum absolute atomic E-state index is 0.0148. The fourth-order valence-electron chi connectivity index (χ4n) is 1.04. The van der Waals surface area contributed by atoms with E-state index in [0.717, 1.165) is 11.1 Å². The standard InChI is InChI=1S/C10H13NO2S/c1-3-9-4-6-10(7-5-9)8-14(12,13)11-2/h3-7,11H,1,8H2,2H3. The van der Waals surface area contributed by atoms with Gasteiger partial charge in [0.05, 0.1) is 5.75 Å². The Morgan fingerprint density at radius 3 is 2.36 bits per heavy atom. The van der Waals surface area contributed by atoms with Gasteiger partial charge in [-0.2, -0.15) is 0 Å². The fraction of sp³-hybridized carbons (Fsp3) is 0.200. The Kier molecular flexibility index (Phi) is 3.43. The van der Waals surface area contributed by atoms with Crippen molar-refractivity contribution in [2.45, 2.75) is 5.75 Å². The molecule has 1 rings (SSSR count). The lowest BCUT2D eigenvalue weighted by Gasteiger charge is -2.02. The third kappa shape index (κ3) is 2.97. The first-order chi connectivity index (χ1) is 6.57. The van der Waals surface area contributed by atoms with Crippen LogP contribution in [-0.2, 0) is 15.8 Å². The van der Waals surface area contributed by atoms with Gasteiger partial charge >= 0.3 is 0 Å². The molecule has 0 fully saturated rings. The molecular formula is C10H13NO2S. The molecule has 0 aliphatic carbocycles. The monoisotopic (exact) mass is 211 g/mol. The average molecular weight is 211 g/mol. The van der Waals surface area contributed by atoms with Crippen molar-refractivity contribution < 1.29 is 8.42 Å². The zero-order valence-corrected chi connectivity index (χ0v) is 8.84. The summed E-state index contributed by atoms with van der Waals surface area (Å²) in [4.78, 5) is 0. The van der Waals surface area contributed by atoms with E-state index in [4.69, 9.17) is 0 Å². The molecule has 0 amide bonds. The molecule has 1 aromatic rings. The number of rotatable bonds is 4. The van der Waals surface area contributed by atoms with Gasteiger partial charge in [-0.3, -0.25) is 0 Å². The summed E-state index contributed by atoms with van der Waals surface area (Å²) < 4.78 is 24.7. The topological polar surface area (TPSA) is 46.2 Å². The summed E-state index contributed by atoms with van der Waals surface area (Å²) in [5.41, 5.74) is 1.75. The Balaban J connectivity index is 2.84. The van der Waals surface area contributed by atoms with E-state index in [1.165, 1.54) is 7.05 Å². The molecular weight excluding hydrogens is 198 g/mol. The first-order valence-corrected chi connectivity index (χ1v) is 5.85. The molecule has 0 spiro atoms. The van der Waals surface area contributed by atoms with Crippen molar-refractivity contribution in [1.82, 2.24) is 4.72 Å². The highest BCUT2D eigenvalue weighted by Gasteiger charge is 2.07. The van der Waals surface area contributed by atoms with E-state index >= 15 is 0 Å². The van der Waals surface area contributed by atoms with E-state index in [9.17, 15) is 8.42 Å². The molecule has 0 heterocycles. The van der Waals surface area contributed by atoms with Gasteiger partial charge in [0.15, 0.2) is 0 Å². The number of benzene rings is 1. The predicted octanol–water partition coefficient (Wildman–Crippen LogP) is 1.38. The second-order valence-corrected chi connectivity index (χ2v) is 4.84. The lowest BCUT2D eigenvalue weighted by Crippen LogP contribution is -2.20. The van der Waals surface area contributed by atoms with Gasteiger partial charge in [-0.15, -0.1) is 0 Å². The summed E-state index contributed by atoms with van der Waals surface area (Å²) >= 11 is 0. The summed E-state index contributed by atoms with van der Waals surface area (Å²) in [6.07, 6.45) is 1.72. The van der Waals surface area contributed by atoms with E-state index in [1.807, 2.05) is 12.1 Å². The molecule has 0 unspecified atom stereocenters. The van der Waals surface area contributed by atoms with Gasteiger partial charge in [0, 0.05) is 0 Å². The molecule has 1 N–H and O–H groups in total. The normalized spacial score (nSPS) is 11.2. The molecule has 0 aromatic heterocycles. The number of hydrogen-bond acceptors (Lipinski definition) is 2. The second-order valence-electron chi connectivity index (χ2n) is 2.91. The molecule has 14 heavy (non-hydrogen) atoms. The van der Waals surface area contributed by atoms with E-state index in [2.05, 4.69) is 11.3 Å². The van der Waals surface area contributed by atoms with E-state index < -0.39 is 10.0 Å². The number of sulfonamides is 1. The van der Waals surface area contributed by atoms with Crippen molar-refractivity contribution in [3.8, 4) is 0 Å². The smallest absolute Gasteiger partial charge is 0.215 e. The molecule has 0 bridgehead atoms. The van der Waals surface area contributed by atoms with E-state index in [1.54, 1.807) is 18.2 Å². The third-order valence-corrected chi connectivity index (χ3v) is 3.22. The van der Waals surface area contributed by atoms with Gasteiger partial charge in [-0.1, -0.05) is 36.9 Å². The predicted molar refractivity (Wildman–Crippen MR) is 58.2 cm³/mol. The first-order valence-electron chi connectivity index (χ1n) is 4.20. The first kappa shape index (κ1) is 10.9. The zero-order chi connectivity index (χ0) is 10.6. The molecule has 3 nitrogen and oxygen atoms in total. The van der Waals surface area contributed by atoms with Gasteiger partial charge in [0.2, 0.25) is 10.0 Å². The van der Waals surface area contributed by atoms with Crippen LogP contribution >= 0.6 is 0 Å². The SMILES string of the molecule is C=Cc1ccc(CS(=O)(=O)NC)cc1. The van der Waals surface area contributed by atoms with Crippen LogP contribution in [0.1, 0.15) is 11.1 Å². The van der Waals surface area contributed by atoms with Crippen molar-refractivity contribution in [3.63, 3.8) is 0 Å². The van der Waals surface area contributed by atoms with Crippen LogP contribution in [0.5, 0.6) is 0 Å². The molecule has 0 saturated heterocycles. The summed E-state index contributed by atoms with van der Waals surface area (Å²) in [5.74, 6) is 0.0148. The van der Waals surface area contributed by atoms with E-state index in [0.29, 0.717) is 0 Å². The van der Waals surface area contributed by atoms with Crippen molar-refractivity contribution in [3.05, 3.63) is 42.0 Å². The highest BCUT2D eigenvalue weighted by atomic mass is 32.2. The Morgan fingerprint density at radius 1 is 1.36 bits per heavy atom. The fourth-order valence-corrected chi connectivity index (χ4v) is 1.82. The van der Waals surface area contributed by atoms with Gasteiger partial charge in [-0.25, -0.2) is 13.1 Å². The van der Waals surface area contributed by atoms with Crippen molar-refractivity contribution in [1.29, 1.82) is 0 Å². The van der Waals surface area contributed by atoms with Crippen LogP contribution in [0.15, 0.2) is 30.8 Å². The molecule has 1 aromatic carbocycles. The Hall–Kier alpha value is -1.13. The molecule has 0 saturated carbocycles. The number of hydrogen-bond donors (Lipinski definition) is 1. The maximum Gasteiger partial charge on any atom is 0.215 e. The molecule has 0 aliphatic rings. The Morgan fingerprint density at radius 2 is 1.93 bits per heavy atom. The van der Waals surface area contributed by atoms with Gasteiger partial charge in [-0.05, 0) is 18.2 Å². The summed E-state index contributed by atoms with van der Waals surface area (Å²) in [7, 11) is -1.76. The van der Waals surface area contributed by atoms with Crippen LogP contribution in [-0.4, -0.2) is 15.5 Å². The van der Waals surface area contributed by atoms with Gasteiger partial charge in [0.1, 0.15) is 0 Å². The summed E-state index contributed by atoms with van der Waals surface area (Å²) in [6.45, 7) is 3.62. The maximum atomic E-state index is 11.2. The molecule has 0 aliphatic heterocycles. The Labute approximate surface area is 84.5 Å². The van der Waals surface area contributed by atoms with Crippen molar-refractivity contribution >= 4 is 16.1 Å². The molecule has 0 atom stereocenters. The van der Waals surface area contributed by atoms with Crippen LogP contribution in [0, 0.1) is 0 Å². The van der Waals surface area contributed by atoms with Gasteiger partial charge in [0.25, 0.3) is 0 Å². The van der Waals surface area contributed by atoms with Crippen molar-refractivity contribution in [2.24, 2.45) is 0 Å². The molecule has 4 heteroatoms. The summed E-state index contributed by atoms with van der Waals surface area (Å²) in [5, 5.41) is 0. The average Bonchev–Trinajstić information content (AvgIpc) is 2.19. The van der Waals surface area contributed by atoms with Crippen molar-refractivity contribution in [2.75, 3.05) is 7.05 Å². The maximum absolute atomic E-state index is 11.2. The highest BCUT2D eigenvalue weighted by Crippen LogP contribution is 2.08. The second kappa shape index (κ2) is 4.39. The quantitative estimate of drug-likeness (QED) is 0.817. The molecule has 76 valence electrons. The van der Waals surface area contributed by atoms with Crippen LogP contribution in [0.3, 0.4) is 0 Å². The van der Waals surface area contributed by atoms with Crippen LogP contribution < -0.4 is 4.72 Å². The number of nitrogens with one attached hydrogen (secondary N) is 1. The Bertz CT molecular complexity index is 406. The summed E-state index contributed by atoms with van der Waals surface area (Å²) in [6, 6.07) is 7.25. The minimum Gasteiger partial charge on any atom is -0.218 e. The van der Waals surface area contributed by atoms with Crippen LogP contribution in [0.4, 0.5) is 0 Å². The third-order valence-electron chi connectivity index (χ3n) is 1.88. The molecule has 0 radical (unpaired) electrons.